The molecule has 0 aromatic rings. The molecule has 0 saturated heterocycles. The fourth-order valence-corrected chi connectivity index (χ4v) is 4.72. The van der Waals surface area contributed by atoms with Crippen molar-refractivity contribution < 1.29 is 27.9 Å². The van der Waals surface area contributed by atoms with E-state index >= 15 is 0 Å². The summed E-state index contributed by atoms with van der Waals surface area (Å²) >= 11 is 0. The maximum atomic E-state index is 12.5. The molecule has 0 aromatic heterocycles. The van der Waals surface area contributed by atoms with E-state index in [9.17, 15) is 27.9 Å². The lowest BCUT2D eigenvalue weighted by Gasteiger charge is -2.21. The van der Waals surface area contributed by atoms with Crippen LogP contribution in [0.2, 0.25) is 0 Å². The second-order valence-corrected chi connectivity index (χ2v) is 8.31. The van der Waals surface area contributed by atoms with Crippen LogP contribution >= 0.6 is 0 Å². The summed E-state index contributed by atoms with van der Waals surface area (Å²) in [4.78, 5) is 34.5. The summed E-state index contributed by atoms with van der Waals surface area (Å²) in [6, 6.07) is -1.56. The van der Waals surface area contributed by atoms with Crippen molar-refractivity contribution in [2.75, 3.05) is 5.75 Å². The number of amides is 2. The Balaban J connectivity index is 2.84. The van der Waals surface area contributed by atoms with E-state index in [1.54, 1.807) is 0 Å². The Labute approximate surface area is 147 Å². The Hall–Kier alpha value is -1.97. The molecule has 0 bridgehead atoms. The molecule has 3 N–H and O–H groups in total. The first-order valence-electron chi connectivity index (χ1n) is 8.31. The number of carbonyl (C=O) groups is 3. The number of hydrogen-bond donors (Lipinski definition) is 3. The van der Waals surface area contributed by atoms with Crippen LogP contribution in [0.1, 0.15) is 52.4 Å². The average Bonchev–Trinajstić information content (AvgIpc) is 2.54. The molecule has 1 aliphatic heterocycles. The topological polar surface area (TPSA) is 142 Å². The van der Waals surface area contributed by atoms with Gasteiger partial charge < -0.3 is 10.4 Å². The highest BCUT2D eigenvalue weighted by atomic mass is 32.2. The van der Waals surface area contributed by atoms with Gasteiger partial charge in [0.2, 0.25) is 5.91 Å². The SMILES string of the molecule is CCCC(CCC)S(=O)(=O)C[C@H](NC(=O)C1=NNC(=O)CC1)C(=O)O. The van der Waals surface area contributed by atoms with Crippen molar-refractivity contribution in [1.82, 2.24) is 10.7 Å². The highest BCUT2D eigenvalue weighted by Crippen LogP contribution is 2.17. The molecule has 10 heteroatoms. The van der Waals surface area contributed by atoms with Crippen molar-refractivity contribution in [3.8, 4) is 0 Å². The van der Waals surface area contributed by atoms with E-state index in [0.717, 1.165) is 0 Å². The fraction of sp³-hybridized carbons (Fsp3) is 0.733. The summed E-state index contributed by atoms with van der Waals surface area (Å²) in [6.07, 6.45) is 2.39. The molecule has 0 fully saturated rings. The number of carboxylic acid groups (broad SMARTS) is 1. The van der Waals surface area contributed by atoms with Gasteiger partial charge >= 0.3 is 5.97 Å². The van der Waals surface area contributed by atoms with Crippen LogP contribution in [0.25, 0.3) is 0 Å². The molecule has 0 radical (unpaired) electrons. The summed E-state index contributed by atoms with van der Waals surface area (Å²) in [6.45, 7) is 3.73. The first-order chi connectivity index (χ1) is 11.7. The molecule has 142 valence electrons. The molecule has 1 heterocycles. The maximum absolute atomic E-state index is 12.5. The standard InChI is InChI=1S/C15H25N3O6S/c1-3-5-10(6-4-2)25(23,24)9-12(15(21)22)16-14(20)11-7-8-13(19)18-17-11/h10,12H,3-9H2,1-2H3,(H,16,20)(H,18,19)(H,21,22)/t12-/m0/s1. The number of carboxylic acids is 1. The summed E-state index contributed by atoms with van der Waals surface area (Å²) in [5.74, 6) is -3.22. The highest BCUT2D eigenvalue weighted by molar-refractivity contribution is 7.92. The molecule has 0 spiro atoms. The second-order valence-electron chi connectivity index (χ2n) is 5.99. The molecule has 0 aliphatic carbocycles. The molecular formula is C15H25N3O6S. The van der Waals surface area contributed by atoms with Crippen LogP contribution in [0, 0.1) is 0 Å². The van der Waals surface area contributed by atoms with Crippen molar-refractivity contribution in [3.63, 3.8) is 0 Å². The van der Waals surface area contributed by atoms with E-state index in [1.165, 1.54) is 0 Å². The van der Waals surface area contributed by atoms with Crippen LogP contribution in [-0.4, -0.2) is 54.1 Å². The van der Waals surface area contributed by atoms with E-state index < -0.39 is 38.8 Å². The first kappa shape index (κ1) is 21.1. The van der Waals surface area contributed by atoms with Crippen LogP contribution < -0.4 is 10.7 Å². The number of hydrazone groups is 1. The largest absolute Gasteiger partial charge is 0.480 e. The Morgan fingerprint density at radius 2 is 1.84 bits per heavy atom. The lowest BCUT2D eigenvalue weighted by atomic mass is 10.1. The number of sulfone groups is 1. The van der Waals surface area contributed by atoms with Gasteiger partial charge in [-0.15, -0.1) is 0 Å². The summed E-state index contributed by atoms with van der Waals surface area (Å²) < 4.78 is 25.0. The van der Waals surface area contributed by atoms with Gasteiger partial charge in [0, 0.05) is 12.8 Å². The van der Waals surface area contributed by atoms with E-state index in [2.05, 4.69) is 15.8 Å². The quantitative estimate of drug-likeness (QED) is 0.498. The summed E-state index contributed by atoms with van der Waals surface area (Å²) in [5, 5.41) is 14.4. The minimum atomic E-state index is -3.68. The van der Waals surface area contributed by atoms with Crippen molar-refractivity contribution in [3.05, 3.63) is 0 Å². The van der Waals surface area contributed by atoms with Gasteiger partial charge in [0.15, 0.2) is 9.84 Å². The molecule has 25 heavy (non-hydrogen) atoms. The Bertz CT molecular complexity index is 638. The summed E-state index contributed by atoms with van der Waals surface area (Å²) in [5.41, 5.74) is 2.11. The third kappa shape index (κ3) is 6.45. The lowest BCUT2D eigenvalue weighted by Crippen LogP contribution is -2.49. The van der Waals surface area contributed by atoms with Crippen molar-refractivity contribution in [1.29, 1.82) is 0 Å². The van der Waals surface area contributed by atoms with E-state index in [4.69, 9.17) is 0 Å². The van der Waals surface area contributed by atoms with Crippen LogP contribution in [0.3, 0.4) is 0 Å². The van der Waals surface area contributed by atoms with Gasteiger partial charge in [0.25, 0.3) is 5.91 Å². The van der Waals surface area contributed by atoms with Crippen molar-refractivity contribution in [2.45, 2.75) is 63.7 Å². The maximum Gasteiger partial charge on any atom is 0.327 e. The average molecular weight is 375 g/mol. The molecule has 2 amide bonds. The molecule has 1 aliphatic rings. The number of nitrogens with one attached hydrogen (secondary N) is 2. The smallest absolute Gasteiger partial charge is 0.327 e. The number of carbonyl (C=O) groups excluding carboxylic acids is 2. The normalized spacial score (nSPS) is 16.1. The van der Waals surface area contributed by atoms with Gasteiger partial charge in [-0.25, -0.2) is 18.6 Å². The van der Waals surface area contributed by atoms with E-state index in [-0.39, 0.29) is 24.5 Å². The monoisotopic (exact) mass is 375 g/mol. The third-order valence-corrected chi connectivity index (χ3v) is 6.18. The van der Waals surface area contributed by atoms with Crippen molar-refractivity contribution >= 4 is 33.3 Å². The number of rotatable bonds is 10. The Kier molecular flexibility index (Phi) is 8.01. The predicted octanol–water partition coefficient (Wildman–Crippen LogP) is 0.205. The van der Waals surface area contributed by atoms with Gasteiger partial charge in [-0.2, -0.15) is 5.10 Å². The van der Waals surface area contributed by atoms with Crippen molar-refractivity contribution in [2.24, 2.45) is 5.10 Å². The molecule has 9 nitrogen and oxygen atoms in total. The predicted molar refractivity (Wildman–Crippen MR) is 91.8 cm³/mol. The van der Waals surface area contributed by atoms with Gasteiger partial charge in [-0.3, -0.25) is 9.59 Å². The minimum Gasteiger partial charge on any atom is -0.480 e. The zero-order valence-corrected chi connectivity index (χ0v) is 15.3. The number of hydrogen-bond acceptors (Lipinski definition) is 6. The Morgan fingerprint density at radius 1 is 1.24 bits per heavy atom. The highest BCUT2D eigenvalue weighted by Gasteiger charge is 2.33. The number of nitrogens with zero attached hydrogens (tertiary/aromatic N) is 1. The lowest BCUT2D eigenvalue weighted by molar-refractivity contribution is -0.140. The van der Waals surface area contributed by atoms with Crippen LogP contribution in [0.4, 0.5) is 0 Å². The van der Waals surface area contributed by atoms with E-state index in [1.807, 2.05) is 13.8 Å². The van der Waals surface area contributed by atoms with Gasteiger partial charge in [0.1, 0.15) is 11.8 Å². The molecule has 0 aromatic carbocycles. The van der Waals surface area contributed by atoms with Crippen LogP contribution in [0.5, 0.6) is 0 Å². The zero-order valence-electron chi connectivity index (χ0n) is 14.4. The fourth-order valence-electron chi connectivity index (χ4n) is 2.57. The Morgan fingerprint density at radius 3 is 2.28 bits per heavy atom. The minimum absolute atomic E-state index is 0.0260. The first-order valence-corrected chi connectivity index (χ1v) is 10.0. The molecule has 0 unspecified atom stereocenters. The van der Waals surface area contributed by atoms with Crippen LogP contribution in [0.15, 0.2) is 5.10 Å². The van der Waals surface area contributed by atoms with Gasteiger partial charge in [0.05, 0.1) is 11.0 Å². The van der Waals surface area contributed by atoms with Gasteiger partial charge in [-0.1, -0.05) is 26.7 Å². The third-order valence-electron chi connectivity index (χ3n) is 3.90. The molecular weight excluding hydrogens is 350 g/mol. The second kappa shape index (κ2) is 9.50. The molecule has 1 rings (SSSR count). The van der Waals surface area contributed by atoms with Gasteiger partial charge in [-0.05, 0) is 12.8 Å². The number of aliphatic carboxylic acids is 1. The van der Waals surface area contributed by atoms with E-state index in [0.29, 0.717) is 25.7 Å². The van der Waals surface area contributed by atoms with Crippen LogP contribution in [-0.2, 0) is 24.2 Å². The summed E-state index contributed by atoms with van der Waals surface area (Å²) in [7, 11) is -3.68. The zero-order chi connectivity index (χ0) is 19.0. The molecule has 1 atom stereocenters. The molecule has 0 saturated carbocycles.